The fraction of sp³-hybridized carbons (Fsp3) is 0.286. The SMILES string of the molecule is CCn1c(Cc2ccccc2)nnc1SCC(=O)Nc1sc(C(N)=O)c(C)c1C(=O)OC. The van der Waals surface area contributed by atoms with Crippen molar-refractivity contribution in [1.82, 2.24) is 14.8 Å². The number of benzene rings is 1. The minimum absolute atomic E-state index is 0.0485. The van der Waals surface area contributed by atoms with Gasteiger partial charge in [0.2, 0.25) is 5.91 Å². The van der Waals surface area contributed by atoms with Gasteiger partial charge in [0, 0.05) is 13.0 Å². The highest BCUT2D eigenvalue weighted by molar-refractivity contribution is 7.99. The number of methoxy groups -OCH3 is 1. The number of esters is 1. The predicted octanol–water partition coefficient (Wildman–Crippen LogP) is 2.88. The van der Waals surface area contributed by atoms with Gasteiger partial charge in [-0.15, -0.1) is 21.5 Å². The van der Waals surface area contributed by atoms with Crippen molar-refractivity contribution in [3.63, 3.8) is 0 Å². The fourth-order valence-electron chi connectivity index (χ4n) is 3.13. The van der Waals surface area contributed by atoms with Crippen LogP contribution >= 0.6 is 23.1 Å². The second-order valence-electron chi connectivity index (χ2n) is 6.76. The normalized spacial score (nSPS) is 10.7. The van der Waals surface area contributed by atoms with Gasteiger partial charge >= 0.3 is 5.97 Å². The minimum Gasteiger partial charge on any atom is -0.465 e. The van der Waals surface area contributed by atoms with Crippen LogP contribution in [0.15, 0.2) is 35.5 Å². The quantitative estimate of drug-likeness (QED) is 0.361. The van der Waals surface area contributed by atoms with Crippen molar-refractivity contribution < 1.29 is 19.1 Å². The summed E-state index contributed by atoms with van der Waals surface area (Å²) >= 11 is 2.19. The molecule has 0 spiro atoms. The molecule has 0 atom stereocenters. The molecule has 32 heavy (non-hydrogen) atoms. The molecule has 0 unspecified atom stereocenters. The summed E-state index contributed by atoms with van der Waals surface area (Å²) in [6.45, 7) is 4.24. The number of carbonyl (C=O) groups excluding carboxylic acids is 3. The first-order valence-electron chi connectivity index (χ1n) is 9.75. The maximum absolute atomic E-state index is 12.6. The van der Waals surface area contributed by atoms with E-state index in [1.54, 1.807) is 6.92 Å². The van der Waals surface area contributed by atoms with E-state index in [0.717, 1.165) is 22.7 Å². The van der Waals surface area contributed by atoms with Crippen molar-refractivity contribution in [3.8, 4) is 0 Å². The zero-order valence-corrected chi connectivity index (χ0v) is 19.5. The van der Waals surface area contributed by atoms with Crippen molar-refractivity contribution >= 4 is 45.9 Å². The summed E-state index contributed by atoms with van der Waals surface area (Å²) in [5, 5.41) is 12.1. The molecule has 0 aliphatic rings. The summed E-state index contributed by atoms with van der Waals surface area (Å²) < 4.78 is 6.74. The number of primary amides is 1. The van der Waals surface area contributed by atoms with Crippen LogP contribution in [-0.2, 0) is 22.5 Å². The van der Waals surface area contributed by atoms with E-state index in [-0.39, 0.29) is 27.1 Å². The lowest BCUT2D eigenvalue weighted by atomic mass is 10.1. The molecular formula is C21H23N5O4S2. The first kappa shape index (κ1) is 23.5. The monoisotopic (exact) mass is 473 g/mol. The Morgan fingerprint density at radius 1 is 1.22 bits per heavy atom. The van der Waals surface area contributed by atoms with Gasteiger partial charge in [-0.2, -0.15) is 0 Å². The lowest BCUT2D eigenvalue weighted by Crippen LogP contribution is -2.16. The van der Waals surface area contributed by atoms with Gasteiger partial charge < -0.3 is 20.4 Å². The van der Waals surface area contributed by atoms with Crippen LogP contribution in [0.5, 0.6) is 0 Å². The zero-order chi connectivity index (χ0) is 23.3. The summed E-state index contributed by atoms with van der Waals surface area (Å²) in [5.74, 6) is -0.810. The van der Waals surface area contributed by atoms with Gasteiger partial charge in [0.1, 0.15) is 10.8 Å². The molecule has 0 bridgehead atoms. The van der Waals surface area contributed by atoms with Crippen molar-refractivity contribution in [3.05, 3.63) is 57.7 Å². The highest BCUT2D eigenvalue weighted by atomic mass is 32.2. The Bertz CT molecular complexity index is 1140. The Labute approximate surface area is 193 Å². The second kappa shape index (κ2) is 10.4. The molecule has 2 heterocycles. The fourth-order valence-corrected chi connectivity index (χ4v) is 5.01. The van der Waals surface area contributed by atoms with Crippen LogP contribution in [0.1, 0.15) is 43.9 Å². The van der Waals surface area contributed by atoms with E-state index in [1.807, 2.05) is 41.8 Å². The summed E-state index contributed by atoms with van der Waals surface area (Å²) in [7, 11) is 1.23. The van der Waals surface area contributed by atoms with Crippen molar-refractivity contribution in [2.45, 2.75) is 32.0 Å². The molecule has 168 valence electrons. The Kier molecular flexibility index (Phi) is 7.65. The predicted molar refractivity (Wildman–Crippen MR) is 123 cm³/mol. The number of rotatable bonds is 9. The summed E-state index contributed by atoms with van der Waals surface area (Å²) in [4.78, 5) is 36.6. The molecule has 3 rings (SSSR count). The standard InChI is InChI=1S/C21H23N5O4S2/c1-4-26-14(10-13-8-6-5-7-9-13)24-25-21(26)31-11-15(27)23-19-16(20(29)30-3)12(2)17(32-19)18(22)28/h5-9H,4,10-11H2,1-3H3,(H2,22,28)(H,23,27). The number of carbonyl (C=O) groups is 3. The molecule has 3 aromatic rings. The molecule has 1 aromatic carbocycles. The van der Waals surface area contributed by atoms with Crippen LogP contribution in [0, 0.1) is 6.92 Å². The van der Waals surface area contributed by atoms with E-state index in [1.165, 1.54) is 18.9 Å². The van der Waals surface area contributed by atoms with Crippen LogP contribution in [0.2, 0.25) is 0 Å². The van der Waals surface area contributed by atoms with E-state index in [4.69, 9.17) is 10.5 Å². The van der Waals surface area contributed by atoms with Gasteiger partial charge in [0.25, 0.3) is 5.91 Å². The van der Waals surface area contributed by atoms with Gasteiger partial charge in [-0.25, -0.2) is 4.79 Å². The van der Waals surface area contributed by atoms with E-state index < -0.39 is 11.9 Å². The highest BCUT2D eigenvalue weighted by Gasteiger charge is 2.25. The summed E-state index contributed by atoms with van der Waals surface area (Å²) in [5.41, 5.74) is 7.01. The molecular weight excluding hydrogens is 450 g/mol. The topological polar surface area (TPSA) is 129 Å². The van der Waals surface area contributed by atoms with Gasteiger partial charge in [-0.05, 0) is 25.0 Å². The van der Waals surface area contributed by atoms with E-state index in [0.29, 0.717) is 23.7 Å². The number of thioether (sulfide) groups is 1. The third-order valence-electron chi connectivity index (χ3n) is 4.66. The van der Waals surface area contributed by atoms with Crippen LogP contribution in [-0.4, -0.2) is 45.4 Å². The van der Waals surface area contributed by atoms with Gasteiger partial charge in [-0.3, -0.25) is 9.59 Å². The average molecular weight is 474 g/mol. The number of ether oxygens (including phenoxy) is 1. The zero-order valence-electron chi connectivity index (χ0n) is 17.9. The van der Waals surface area contributed by atoms with Crippen molar-refractivity contribution in [2.75, 3.05) is 18.2 Å². The maximum atomic E-state index is 12.6. The van der Waals surface area contributed by atoms with E-state index in [9.17, 15) is 14.4 Å². The molecule has 0 aliphatic heterocycles. The number of hydrogen-bond donors (Lipinski definition) is 2. The Balaban J connectivity index is 1.71. The number of nitrogens with two attached hydrogens (primary N) is 1. The lowest BCUT2D eigenvalue weighted by Gasteiger charge is -2.08. The van der Waals surface area contributed by atoms with Crippen LogP contribution < -0.4 is 11.1 Å². The van der Waals surface area contributed by atoms with E-state index >= 15 is 0 Å². The Morgan fingerprint density at radius 3 is 2.56 bits per heavy atom. The number of nitrogens with zero attached hydrogens (tertiary/aromatic N) is 3. The third kappa shape index (κ3) is 5.17. The molecule has 0 aliphatic carbocycles. The molecule has 3 N–H and O–H groups in total. The molecule has 11 heteroatoms. The average Bonchev–Trinajstić information content (AvgIpc) is 3.32. The van der Waals surface area contributed by atoms with Crippen LogP contribution in [0.25, 0.3) is 0 Å². The van der Waals surface area contributed by atoms with Crippen molar-refractivity contribution in [2.24, 2.45) is 5.73 Å². The van der Waals surface area contributed by atoms with Crippen LogP contribution in [0.3, 0.4) is 0 Å². The molecule has 2 aromatic heterocycles. The smallest absolute Gasteiger partial charge is 0.341 e. The molecule has 0 saturated heterocycles. The largest absolute Gasteiger partial charge is 0.465 e. The second-order valence-corrected chi connectivity index (χ2v) is 8.72. The van der Waals surface area contributed by atoms with Crippen molar-refractivity contribution in [1.29, 1.82) is 0 Å². The van der Waals surface area contributed by atoms with Gasteiger partial charge in [-0.1, -0.05) is 42.1 Å². The number of hydrogen-bond acceptors (Lipinski definition) is 8. The number of aromatic nitrogens is 3. The third-order valence-corrected chi connectivity index (χ3v) is 6.85. The molecule has 9 nitrogen and oxygen atoms in total. The summed E-state index contributed by atoms with van der Waals surface area (Å²) in [6, 6.07) is 9.95. The van der Waals surface area contributed by atoms with Gasteiger partial charge in [0.05, 0.1) is 23.3 Å². The van der Waals surface area contributed by atoms with Crippen LogP contribution in [0.4, 0.5) is 5.00 Å². The highest BCUT2D eigenvalue weighted by Crippen LogP contribution is 2.33. The summed E-state index contributed by atoms with van der Waals surface area (Å²) in [6.07, 6.45) is 0.640. The first-order chi connectivity index (χ1) is 15.3. The van der Waals surface area contributed by atoms with E-state index in [2.05, 4.69) is 15.5 Å². The molecule has 2 amide bonds. The molecule has 0 saturated carbocycles. The number of nitrogens with one attached hydrogen (secondary N) is 1. The Morgan fingerprint density at radius 2 is 1.94 bits per heavy atom. The lowest BCUT2D eigenvalue weighted by molar-refractivity contribution is -0.113. The maximum Gasteiger partial charge on any atom is 0.341 e. The first-order valence-corrected chi connectivity index (χ1v) is 11.6. The number of anilines is 1. The molecule has 0 fully saturated rings. The number of thiophene rings is 1. The minimum atomic E-state index is -0.672. The van der Waals surface area contributed by atoms with Gasteiger partial charge in [0.15, 0.2) is 5.16 Å². The Hall–Kier alpha value is -3.18. The molecule has 0 radical (unpaired) electrons. The number of amides is 2.